The number of hydrogen-bond acceptors (Lipinski definition) is 6. The minimum absolute atomic E-state index is 0.0363. The van der Waals surface area contributed by atoms with Crippen molar-refractivity contribution < 1.29 is 29.2 Å². The van der Waals surface area contributed by atoms with Crippen molar-refractivity contribution in [1.29, 1.82) is 0 Å². The zero-order valence-electron chi connectivity index (χ0n) is 23.6. The summed E-state index contributed by atoms with van der Waals surface area (Å²) in [5.41, 5.74) is 2.64. The van der Waals surface area contributed by atoms with Crippen LogP contribution in [-0.2, 0) is 24.5 Å². The summed E-state index contributed by atoms with van der Waals surface area (Å²) in [6.45, 7) is 4.54. The maximum absolute atomic E-state index is 16.0. The lowest BCUT2D eigenvalue weighted by atomic mass is 9.53. The van der Waals surface area contributed by atoms with Crippen molar-refractivity contribution in [2.45, 2.75) is 87.4 Å². The standard InChI is InChI=1S/C30H34Cl2FN5O4/c1-28(2)8-10-29(11-9-28)30(18-5-3-15(31)13-19(18)37-27(30)41)21(17-7-12-35-24(32)22(17)33)23(38-29)26(40)36-16-4-6-20(25(34)39)42-14-16/h3,5,7,12-13,16,20-21,23,38H,4,6,8-11,14H2,1-2H3,(H2,34,39)(H,36,40)(H,37,41)/p+1. The van der Waals surface area contributed by atoms with Crippen LogP contribution in [0.3, 0.4) is 0 Å². The average molecular weight is 620 g/mol. The van der Waals surface area contributed by atoms with Gasteiger partial charge in [-0.3, -0.25) is 20.6 Å². The third kappa shape index (κ3) is 4.54. The van der Waals surface area contributed by atoms with Crippen LogP contribution < -0.4 is 21.7 Å². The van der Waals surface area contributed by atoms with Crippen LogP contribution in [0.1, 0.15) is 69.4 Å². The molecule has 4 aliphatic rings. The number of amides is 3. The fourth-order valence-electron chi connectivity index (χ4n) is 7.74. The monoisotopic (exact) mass is 618 g/mol. The quantitative estimate of drug-likeness (QED) is 0.388. The summed E-state index contributed by atoms with van der Waals surface area (Å²) in [6, 6.07) is 5.41. The lowest BCUT2D eigenvalue weighted by Gasteiger charge is -2.50. The van der Waals surface area contributed by atoms with E-state index in [1.807, 2.05) is 6.07 Å². The Morgan fingerprint density at radius 2 is 1.88 bits per heavy atom. The SMILES string of the molecule is CC1(C)CCC2(CC1)NC(C(=O)NC1CCC(C([NH3+])=O)OC1)C(c1ccnc(Cl)c1F)C21C(=O)Nc2cc(Cl)ccc21. The number of fused-ring (bicyclic) bond motifs is 3. The van der Waals surface area contributed by atoms with Gasteiger partial charge in [-0.25, -0.2) is 14.2 Å². The fourth-order valence-corrected chi connectivity index (χ4v) is 8.08. The van der Waals surface area contributed by atoms with E-state index >= 15 is 4.39 Å². The number of nitrogens with zero attached hydrogens (tertiary/aromatic N) is 1. The summed E-state index contributed by atoms with van der Waals surface area (Å²) in [5.74, 6) is -2.70. The summed E-state index contributed by atoms with van der Waals surface area (Å²) in [5, 5.41) is 9.86. The Balaban J connectivity index is 1.49. The second-order valence-corrected chi connectivity index (χ2v) is 13.7. The van der Waals surface area contributed by atoms with Crippen LogP contribution in [0.25, 0.3) is 0 Å². The molecule has 3 aliphatic heterocycles. The summed E-state index contributed by atoms with van der Waals surface area (Å²) < 4.78 is 21.6. The Labute approximate surface area is 253 Å². The molecule has 5 atom stereocenters. The van der Waals surface area contributed by atoms with Crippen molar-refractivity contribution in [2.75, 3.05) is 11.9 Å². The summed E-state index contributed by atoms with van der Waals surface area (Å²) in [6.07, 6.45) is 4.56. The van der Waals surface area contributed by atoms with Gasteiger partial charge in [0.1, 0.15) is 5.41 Å². The largest absolute Gasteiger partial charge is 0.362 e. The highest BCUT2D eigenvalue weighted by Crippen LogP contribution is 2.64. The van der Waals surface area contributed by atoms with Gasteiger partial charge in [-0.05, 0) is 73.3 Å². The van der Waals surface area contributed by atoms with Gasteiger partial charge in [-0.15, -0.1) is 0 Å². The van der Waals surface area contributed by atoms with Gasteiger partial charge in [0.2, 0.25) is 11.8 Å². The van der Waals surface area contributed by atoms with Crippen molar-refractivity contribution in [1.82, 2.24) is 15.6 Å². The molecule has 1 aromatic carbocycles. The van der Waals surface area contributed by atoms with Gasteiger partial charge in [0.25, 0.3) is 0 Å². The van der Waals surface area contributed by atoms with Crippen molar-refractivity contribution in [2.24, 2.45) is 5.41 Å². The van der Waals surface area contributed by atoms with Gasteiger partial charge in [-0.1, -0.05) is 43.1 Å². The summed E-state index contributed by atoms with van der Waals surface area (Å²) >= 11 is 12.6. The zero-order chi connectivity index (χ0) is 30.0. The number of pyridine rings is 1. The molecule has 0 radical (unpaired) electrons. The zero-order valence-corrected chi connectivity index (χ0v) is 25.1. The molecule has 1 aliphatic carbocycles. The number of aromatic nitrogens is 1. The van der Waals surface area contributed by atoms with E-state index in [2.05, 4.69) is 40.5 Å². The number of nitrogens with one attached hydrogen (secondary N) is 3. The van der Waals surface area contributed by atoms with Crippen LogP contribution in [0.15, 0.2) is 30.5 Å². The molecule has 9 nitrogen and oxygen atoms in total. The molecule has 1 saturated carbocycles. The lowest BCUT2D eigenvalue weighted by Crippen LogP contribution is -2.64. The highest BCUT2D eigenvalue weighted by atomic mass is 35.5. The van der Waals surface area contributed by atoms with Crippen molar-refractivity contribution in [3.8, 4) is 0 Å². The second-order valence-electron chi connectivity index (χ2n) is 12.9. The molecular formula is C30H35Cl2FN5O4+. The van der Waals surface area contributed by atoms with Crippen LogP contribution in [-0.4, -0.2) is 53.0 Å². The van der Waals surface area contributed by atoms with E-state index in [0.29, 0.717) is 42.0 Å². The number of hydrogen-bond donors (Lipinski definition) is 4. The summed E-state index contributed by atoms with van der Waals surface area (Å²) in [4.78, 5) is 44.3. The number of benzene rings is 1. The van der Waals surface area contributed by atoms with Gasteiger partial charge >= 0.3 is 5.91 Å². The molecule has 3 amide bonds. The maximum Gasteiger partial charge on any atom is 0.337 e. The predicted molar refractivity (Wildman–Crippen MR) is 154 cm³/mol. The molecule has 42 heavy (non-hydrogen) atoms. The minimum Gasteiger partial charge on any atom is -0.362 e. The van der Waals surface area contributed by atoms with E-state index in [1.54, 1.807) is 12.1 Å². The Morgan fingerprint density at radius 3 is 2.55 bits per heavy atom. The van der Waals surface area contributed by atoms with Crippen molar-refractivity contribution in [3.05, 3.63) is 57.6 Å². The molecule has 2 aromatic rings. The Bertz CT molecular complexity index is 1450. The van der Waals surface area contributed by atoms with Gasteiger partial charge in [0, 0.05) is 28.4 Å². The van der Waals surface area contributed by atoms with Crippen LogP contribution in [0.2, 0.25) is 10.2 Å². The number of ether oxygens (including phenoxy) is 1. The topological polar surface area (TPSA) is 137 Å². The first-order valence-electron chi connectivity index (χ1n) is 14.4. The molecule has 6 N–H and O–H groups in total. The molecule has 2 spiro atoms. The van der Waals surface area contributed by atoms with Crippen LogP contribution in [0, 0.1) is 11.2 Å². The van der Waals surface area contributed by atoms with Crippen LogP contribution in [0.5, 0.6) is 0 Å². The molecule has 4 heterocycles. The minimum atomic E-state index is -1.34. The molecule has 2 saturated heterocycles. The molecule has 1 aromatic heterocycles. The molecule has 224 valence electrons. The number of carbonyl (C=O) groups excluding carboxylic acids is 3. The predicted octanol–water partition coefficient (Wildman–Crippen LogP) is 3.24. The number of carbonyl (C=O) groups is 3. The van der Waals surface area contributed by atoms with E-state index in [9.17, 15) is 14.4 Å². The van der Waals surface area contributed by atoms with Crippen molar-refractivity contribution >= 4 is 46.6 Å². The lowest BCUT2D eigenvalue weighted by molar-refractivity contribution is -0.318. The van der Waals surface area contributed by atoms with E-state index in [1.165, 1.54) is 12.3 Å². The normalized spacial score (nSPS) is 31.1. The highest BCUT2D eigenvalue weighted by molar-refractivity contribution is 6.31. The van der Waals surface area contributed by atoms with E-state index in [-0.39, 0.29) is 46.5 Å². The average Bonchev–Trinajstić information content (AvgIpc) is 3.40. The molecule has 5 unspecified atom stereocenters. The fraction of sp³-hybridized carbons (Fsp3) is 0.533. The molecule has 0 bridgehead atoms. The van der Waals surface area contributed by atoms with E-state index < -0.39 is 34.8 Å². The first-order valence-corrected chi connectivity index (χ1v) is 15.1. The highest BCUT2D eigenvalue weighted by Gasteiger charge is 2.73. The number of rotatable bonds is 4. The molecule has 3 fully saturated rings. The van der Waals surface area contributed by atoms with Crippen LogP contribution >= 0.6 is 23.2 Å². The number of quaternary nitrogens is 1. The first kappa shape index (κ1) is 29.4. The second kappa shape index (κ2) is 10.5. The Hall–Kier alpha value is -2.63. The molecule has 12 heteroatoms. The smallest absolute Gasteiger partial charge is 0.337 e. The molecular weight excluding hydrogens is 584 g/mol. The van der Waals surface area contributed by atoms with Gasteiger partial charge in [0.05, 0.1) is 18.7 Å². The number of halogens is 3. The van der Waals surface area contributed by atoms with Gasteiger partial charge in [-0.2, -0.15) is 0 Å². The molecule has 6 rings (SSSR count). The van der Waals surface area contributed by atoms with Crippen LogP contribution in [0.4, 0.5) is 10.1 Å². The van der Waals surface area contributed by atoms with Gasteiger partial charge < -0.3 is 15.4 Å². The third-order valence-corrected chi connectivity index (χ3v) is 10.4. The third-order valence-electron chi connectivity index (χ3n) is 9.93. The van der Waals surface area contributed by atoms with E-state index in [0.717, 1.165) is 12.8 Å². The summed E-state index contributed by atoms with van der Waals surface area (Å²) in [7, 11) is 0. The van der Waals surface area contributed by atoms with Crippen molar-refractivity contribution in [3.63, 3.8) is 0 Å². The Kier molecular flexibility index (Phi) is 7.37. The maximum atomic E-state index is 16.0. The first-order chi connectivity index (χ1) is 19.9. The van der Waals surface area contributed by atoms with E-state index in [4.69, 9.17) is 27.9 Å². The Morgan fingerprint density at radius 1 is 1.14 bits per heavy atom. The number of anilines is 1. The van der Waals surface area contributed by atoms with Gasteiger partial charge in [0.15, 0.2) is 17.1 Å².